The molecular formula is C14H22N2O. The lowest BCUT2D eigenvalue weighted by atomic mass is 10.0. The first-order chi connectivity index (χ1) is 8.20. The molecule has 0 spiro atoms. The van der Waals surface area contributed by atoms with Crippen LogP contribution in [0.4, 0.5) is 5.69 Å². The van der Waals surface area contributed by atoms with Crippen molar-refractivity contribution in [3.05, 3.63) is 23.8 Å². The second kappa shape index (κ2) is 5.41. The van der Waals surface area contributed by atoms with Crippen molar-refractivity contribution in [3.8, 4) is 5.75 Å². The van der Waals surface area contributed by atoms with Crippen LogP contribution in [0.5, 0.6) is 5.75 Å². The largest absolute Gasteiger partial charge is 0.489 e. The first-order valence-corrected chi connectivity index (χ1v) is 6.44. The summed E-state index contributed by atoms with van der Waals surface area (Å²) in [7, 11) is 0. The molecule has 0 amide bonds. The number of ether oxygens (including phenoxy) is 1. The molecule has 0 fully saturated rings. The monoisotopic (exact) mass is 234 g/mol. The van der Waals surface area contributed by atoms with Gasteiger partial charge < -0.3 is 15.8 Å². The zero-order valence-electron chi connectivity index (χ0n) is 10.7. The Morgan fingerprint density at radius 1 is 1.47 bits per heavy atom. The summed E-state index contributed by atoms with van der Waals surface area (Å²) in [5.74, 6) is 1.52. The van der Waals surface area contributed by atoms with Crippen LogP contribution in [0.25, 0.3) is 0 Å². The fourth-order valence-corrected chi connectivity index (χ4v) is 2.12. The van der Waals surface area contributed by atoms with Crippen molar-refractivity contribution in [2.75, 3.05) is 18.5 Å². The quantitative estimate of drug-likeness (QED) is 0.842. The van der Waals surface area contributed by atoms with Gasteiger partial charge in [0.2, 0.25) is 0 Å². The van der Waals surface area contributed by atoms with Crippen LogP contribution < -0.4 is 15.8 Å². The maximum atomic E-state index is 5.76. The molecule has 3 N–H and O–H groups in total. The highest BCUT2D eigenvalue weighted by molar-refractivity contribution is 5.60. The minimum absolute atomic E-state index is 0.397. The van der Waals surface area contributed by atoms with Gasteiger partial charge in [-0.25, -0.2) is 0 Å². The molecule has 1 aromatic carbocycles. The highest BCUT2D eigenvalue weighted by atomic mass is 16.5. The lowest BCUT2D eigenvalue weighted by Crippen LogP contribution is -2.31. The number of rotatable bonds is 4. The molecule has 94 valence electrons. The Hall–Kier alpha value is -1.22. The summed E-state index contributed by atoms with van der Waals surface area (Å²) in [5, 5.41) is 3.55. The summed E-state index contributed by atoms with van der Waals surface area (Å²) in [6.45, 7) is 5.90. The second-order valence-electron chi connectivity index (χ2n) is 4.99. The number of hydrogen-bond acceptors (Lipinski definition) is 3. The van der Waals surface area contributed by atoms with Crippen molar-refractivity contribution in [2.24, 2.45) is 5.73 Å². The fourth-order valence-electron chi connectivity index (χ4n) is 2.12. The lowest BCUT2D eigenvalue weighted by Gasteiger charge is -2.28. The van der Waals surface area contributed by atoms with Gasteiger partial charge in [-0.05, 0) is 43.0 Å². The van der Waals surface area contributed by atoms with Gasteiger partial charge in [0, 0.05) is 0 Å². The molecule has 1 heterocycles. The summed E-state index contributed by atoms with van der Waals surface area (Å²) >= 11 is 0. The molecule has 2 rings (SSSR count). The topological polar surface area (TPSA) is 47.3 Å². The van der Waals surface area contributed by atoms with Gasteiger partial charge in [-0.1, -0.05) is 19.9 Å². The van der Waals surface area contributed by atoms with Crippen molar-refractivity contribution in [3.63, 3.8) is 0 Å². The molecule has 3 heteroatoms. The second-order valence-corrected chi connectivity index (χ2v) is 4.99. The van der Waals surface area contributed by atoms with Crippen LogP contribution in [0.3, 0.4) is 0 Å². The summed E-state index contributed by atoms with van der Waals surface area (Å²) in [5.41, 5.74) is 8.01. The van der Waals surface area contributed by atoms with E-state index in [1.807, 2.05) is 0 Å². The van der Waals surface area contributed by atoms with Crippen molar-refractivity contribution in [1.82, 2.24) is 0 Å². The van der Waals surface area contributed by atoms with E-state index < -0.39 is 0 Å². The highest BCUT2D eigenvalue weighted by Crippen LogP contribution is 2.32. The molecular weight excluding hydrogens is 212 g/mol. The molecule has 17 heavy (non-hydrogen) atoms. The summed E-state index contributed by atoms with van der Waals surface area (Å²) in [6.07, 6.45) is 2.11. The average molecular weight is 234 g/mol. The maximum Gasteiger partial charge on any atom is 0.142 e. The molecule has 0 saturated heterocycles. The normalized spacial score (nSPS) is 18.5. The van der Waals surface area contributed by atoms with Crippen LogP contribution in [0.15, 0.2) is 18.2 Å². The van der Waals surface area contributed by atoms with Gasteiger partial charge in [0.1, 0.15) is 12.4 Å². The van der Waals surface area contributed by atoms with E-state index in [0.29, 0.717) is 12.0 Å². The number of benzene rings is 1. The van der Waals surface area contributed by atoms with Crippen LogP contribution in [-0.2, 0) is 0 Å². The minimum atomic E-state index is 0.397. The van der Waals surface area contributed by atoms with Crippen molar-refractivity contribution in [2.45, 2.75) is 38.6 Å². The number of fused-ring (bicyclic) bond motifs is 1. The zero-order valence-corrected chi connectivity index (χ0v) is 10.7. The predicted octanol–water partition coefficient (Wildman–Crippen LogP) is 2.72. The molecule has 1 atom stereocenters. The van der Waals surface area contributed by atoms with Crippen molar-refractivity contribution >= 4 is 5.69 Å². The predicted molar refractivity (Wildman–Crippen MR) is 71.7 cm³/mol. The third kappa shape index (κ3) is 2.91. The van der Waals surface area contributed by atoms with Gasteiger partial charge in [0.15, 0.2) is 0 Å². The molecule has 0 saturated carbocycles. The van der Waals surface area contributed by atoms with E-state index in [2.05, 4.69) is 37.4 Å². The van der Waals surface area contributed by atoms with E-state index in [9.17, 15) is 0 Å². The summed E-state index contributed by atoms with van der Waals surface area (Å²) in [6, 6.07) is 6.81. The van der Waals surface area contributed by atoms with E-state index in [0.717, 1.165) is 37.4 Å². The van der Waals surface area contributed by atoms with Gasteiger partial charge >= 0.3 is 0 Å². The fraction of sp³-hybridized carbons (Fsp3) is 0.571. The smallest absolute Gasteiger partial charge is 0.142 e. The molecule has 0 radical (unpaired) electrons. The molecule has 0 bridgehead atoms. The summed E-state index contributed by atoms with van der Waals surface area (Å²) < 4.78 is 5.76. The van der Waals surface area contributed by atoms with Gasteiger partial charge in [0.05, 0.1) is 11.7 Å². The van der Waals surface area contributed by atoms with Crippen LogP contribution in [0, 0.1) is 0 Å². The molecule has 1 aromatic rings. The number of nitrogens with two attached hydrogens (primary N) is 1. The van der Waals surface area contributed by atoms with Crippen LogP contribution in [-0.4, -0.2) is 19.2 Å². The van der Waals surface area contributed by atoms with E-state index in [-0.39, 0.29) is 0 Å². The molecule has 1 unspecified atom stereocenters. The standard InChI is InChI=1S/C14H22N2O/c1-10(2)11-5-6-14-13(8-11)16-12(9-17-14)4-3-7-15/h5-6,8,10,12,16H,3-4,7,9,15H2,1-2H3. The first kappa shape index (κ1) is 12.2. The molecule has 1 aliphatic rings. The van der Waals surface area contributed by atoms with Crippen LogP contribution in [0.1, 0.15) is 38.2 Å². The summed E-state index contributed by atoms with van der Waals surface area (Å²) in [4.78, 5) is 0. The van der Waals surface area contributed by atoms with Gasteiger partial charge in [-0.15, -0.1) is 0 Å². The third-order valence-corrected chi connectivity index (χ3v) is 3.23. The number of nitrogens with one attached hydrogen (secondary N) is 1. The zero-order chi connectivity index (χ0) is 12.3. The van der Waals surface area contributed by atoms with Crippen molar-refractivity contribution in [1.29, 1.82) is 0 Å². The Labute approximate surface area is 103 Å². The molecule has 3 nitrogen and oxygen atoms in total. The third-order valence-electron chi connectivity index (χ3n) is 3.23. The Morgan fingerprint density at radius 3 is 3.00 bits per heavy atom. The van der Waals surface area contributed by atoms with Crippen molar-refractivity contribution < 1.29 is 4.74 Å². The van der Waals surface area contributed by atoms with E-state index in [1.165, 1.54) is 5.56 Å². The first-order valence-electron chi connectivity index (χ1n) is 6.44. The Morgan fingerprint density at radius 2 is 2.29 bits per heavy atom. The van der Waals surface area contributed by atoms with E-state index in [1.54, 1.807) is 0 Å². The van der Waals surface area contributed by atoms with E-state index in [4.69, 9.17) is 10.5 Å². The number of hydrogen-bond donors (Lipinski definition) is 2. The Bertz CT molecular complexity index is 376. The highest BCUT2D eigenvalue weighted by Gasteiger charge is 2.18. The SMILES string of the molecule is CC(C)c1ccc2c(c1)NC(CCCN)CO2. The molecule has 1 aliphatic heterocycles. The molecule has 0 aliphatic carbocycles. The average Bonchev–Trinajstić information content (AvgIpc) is 2.35. The minimum Gasteiger partial charge on any atom is -0.489 e. The van der Waals surface area contributed by atoms with Gasteiger partial charge in [-0.3, -0.25) is 0 Å². The van der Waals surface area contributed by atoms with Gasteiger partial charge in [-0.2, -0.15) is 0 Å². The Balaban J connectivity index is 2.09. The molecule has 0 aromatic heterocycles. The van der Waals surface area contributed by atoms with Crippen LogP contribution in [0.2, 0.25) is 0 Å². The maximum absolute atomic E-state index is 5.76. The lowest BCUT2D eigenvalue weighted by molar-refractivity contribution is 0.277. The van der Waals surface area contributed by atoms with Gasteiger partial charge in [0.25, 0.3) is 0 Å². The van der Waals surface area contributed by atoms with E-state index >= 15 is 0 Å². The Kier molecular flexibility index (Phi) is 3.89. The number of anilines is 1. The van der Waals surface area contributed by atoms with Crippen LogP contribution >= 0.6 is 0 Å².